The van der Waals surface area contributed by atoms with Crippen molar-refractivity contribution in [3.63, 3.8) is 0 Å². The van der Waals surface area contributed by atoms with Gasteiger partial charge in [-0.25, -0.2) is 0 Å². The summed E-state index contributed by atoms with van der Waals surface area (Å²) in [5, 5.41) is 2.77. The molecule has 0 aliphatic rings. The van der Waals surface area contributed by atoms with Crippen molar-refractivity contribution in [1.29, 1.82) is 0 Å². The Hall–Kier alpha value is -1.39. The molecule has 0 aliphatic heterocycles. The van der Waals surface area contributed by atoms with Gasteiger partial charge in [-0.1, -0.05) is 12.1 Å². The van der Waals surface area contributed by atoms with E-state index in [0.29, 0.717) is 25.3 Å². The number of ether oxygens (including phenoxy) is 2. The zero-order valence-electron chi connectivity index (χ0n) is 11.2. The van der Waals surface area contributed by atoms with Crippen LogP contribution in [0.2, 0.25) is 0 Å². The van der Waals surface area contributed by atoms with Gasteiger partial charge in [-0.15, -0.1) is 0 Å². The monoisotopic (exact) mass is 251 g/mol. The summed E-state index contributed by atoms with van der Waals surface area (Å²) >= 11 is 0. The Morgan fingerprint density at radius 1 is 1.28 bits per heavy atom. The predicted octanol–water partition coefficient (Wildman–Crippen LogP) is 1.99. The second-order valence-corrected chi connectivity index (χ2v) is 4.31. The molecule has 0 aliphatic carbocycles. The Bertz CT molecular complexity index is 360. The Kier molecular flexibility index (Phi) is 6.39. The molecule has 0 heterocycles. The molecule has 0 radical (unpaired) electrons. The molecule has 0 aromatic heterocycles. The van der Waals surface area contributed by atoms with Gasteiger partial charge in [0.15, 0.2) is 0 Å². The number of rotatable bonds is 7. The molecule has 1 N–H and O–H groups in total. The van der Waals surface area contributed by atoms with Crippen LogP contribution in [0.1, 0.15) is 29.8 Å². The molecule has 0 saturated carbocycles. The van der Waals surface area contributed by atoms with Crippen LogP contribution in [-0.4, -0.2) is 32.3 Å². The summed E-state index contributed by atoms with van der Waals surface area (Å²) in [7, 11) is 1.61. The van der Waals surface area contributed by atoms with Crippen molar-refractivity contribution in [3.05, 3.63) is 35.4 Å². The smallest absolute Gasteiger partial charge is 0.251 e. The molecule has 0 spiro atoms. The molecule has 4 heteroatoms. The Morgan fingerprint density at radius 3 is 2.50 bits per heavy atom. The van der Waals surface area contributed by atoms with Crippen molar-refractivity contribution in [1.82, 2.24) is 5.32 Å². The van der Waals surface area contributed by atoms with E-state index in [0.717, 1.165) is 5.56 Å². The van der Waals surface area contributed by atoms with Gasteiger partial charge in [-0.2, -0.15) is 0 Å². The van der Waals surface area contributed by atoms with E-state index >= 15 is 0 Å². The van der Waals surface area contributed by atoms with Crippen LogP contribution in [0.4, 0.5) is 0 Å². The quantitative estimate of drug-likeness (QED) is 0.754. The van der Waals surface area contributed by atoms with Crippen molar-refractivity contribution in [2.45, 2.75) is 26.6 Å². The van der Waals surface area contributed by atoms with Gasteiger partial charge in [0, 0.05) is 19.2 Å². The SMILES string of the molecule is COCCNC(=O)c1ccc(COC(C)C)cc1. The molecule has 18 heavy (non-hydrogen) atoms. The van der Waals surface area contributed by atoms with Crippen LogP contribution < -0.4 is 5.32 Å². The average molecular weight is 251 g/mol. The highest BCUT2D eigenvalue weighted by atomic mass is 16.5. The number of nitrogens with one attached hydrogen (secondary N) is 1. The number of hydrogen-bond donors (Lipinski definition) is 1. The zero-order chi connectivity index (χ0) is 13.4. The van der Waals surface area contributed by atoms with Gasteiger partial charge in [0.25, 0.3) is 5.91 Å². The van der Waals surface area contributed by atoms with E-state index < -0.39 is 0 Å². The van der Waals surface area contributed by atoms with Crippen LogP contribution in [0.3, 0.4) is 0 Å². The first-order chi connectivity index (χ1) is 8.63. The summed E-state index contributed by atoms with van der Waals surface area (Å²) in [5.41, 5.74) is 1.72. The van der Waals surface area contributed by atoms with E-state index in [1.54, 1.807) is 19.2 Å². The van der Waals surface area contributed by atoms with E-state index in [1.807, 2.05) is 26.0 Å². The third-order valence-electron chi connectivity index (χ3n) is 2.39. The average Bonchev–Trinajstić information content (AvgIpc) is 2.37. The fourth-order valence-corrected chi connectivity index (χ4v) is 1.38. The van der Waals surface area contributed by atoms with E-state index in [9.17, 15) is 4.79 Å². The molecule has 0 saturated heterocycles. The van der Waals surface area contributed by atoms with Crippen LogP contribution in [0, 0.1) is 0 Å². The fraction of sp³-hybridized carbons (Fsp3) is 0.500. The lowest BCUT2D eigenvalue weighted by molar-refractivity contribution is 0.0656. The maximum Gasteiger partial charge on any atom is 0.251 e. The van der Waals surface area contributed by atoms with Gasteiger partial charge in [-0.3, -0.25) is 4.79 Å². The lowest BCUT2D eigenvalue weighted by Crippen LogP contribution is -2.26. The van der Waals surface area contributed by atoms with Crippen molar-refractivity contribution >= 4 is 5.91 Å². The molecule has 1 rings (SSSR count). The summed E-state index contributed by atoms with van der Waals surface area (Å²) in [6.45, 7) is 5.61. The molecule has 1 aromatic rings. The molecule has 0 atom stereocenters. The van der Waals surface area contributed by atoms with Crippen LogP contribution >= 0.6 is 0 Å². The maximum atomic E-state index is 11.7. The molecule has 0 bridgehead atoms. The number of hydrogen-bond acceptors (Lipinski definition) is 3. The Balaban J connectivity index is 2.46. The number of carbonyl (C=O) groups excluding carboxylic acids is 1. The maximum absolute atomic E-state index is 11.7. The molecule has 1 amide bonds. The summed E-state index contributed by atoms with van der Waals surface area (Å²) < 4.78 is 10.4. The van der Waals surface area contributed by atoms with Crippen LogP contribution in [0.5, 0.6) is 0 Å². The second kappa shape index (κ2) is 7.84. The van der Waals surface area contributed by atoms with E-state index in [2.05, 4.69) is 5.32 Å². The largest absolute Gasteiger partial charge is 0.383 e. The van der Waals surface area contributed by atoms with Gasteiger partial charge in [0.05, 0.1) is 19.3 Å². The second-order valence-electron chi connectivity index (χ2n) is 4.31. The van der Waals surface area contributed by atoms with Gasteiger partial charge < -0.3 is 14.8 Å². The predicted molar refractivity (Wildman–Crippen MR) is 70.6 cm³/mol. The first-order valence-corrected chi connectivity index (χ1v) is 6.11. The van der Waals surface area contributed by atoms with Gasteiger partial charge in [0.2, 0.25) is 0 Å². The lowest BCUT2D eigenvalue weighted by Gasteiger charge is -2.08. The van der Waals surface area contributed by atoms with E-state index in [1.165, 1.54) is 0 Å². The minimum absolute atomic E-state index is 0.0802. The van der Waals surface area contributed by atoms with Crippen LogP contribution in [0.15, 0.2) is 24.3 Å². The molecule has 0 fully saturated rings. The fourth-order valence-electron chi connectivity index (χ4n) is 1.38. The number of carbonyl (C=O) groups is 1. The molecule has 4 nitrogen and oxygen atoms in total. The van der Waals surface area contributed by atoms with Gasteiger partial charge in [0.1, 0.15) is 0 Å². The Labute approximate surface area is 108 Å². The first-order valence-electron chi connectivity index (χ1n) is 6.11. The highest BCUT2D eigenvalue weighted by Crippen LogP contribution is 2.07. The van der Waals surface area contributed by atoms with E-state index in [4.69, 9.17) is 9.47 Å². The molecular formula is C14H21NO3. The Morgan fingerprint density at radius 2 is 1.94 bits per heavy atom. The normalized spacial score (nSPS) is 10.7. The number of amides is 1. The third kappa shape index (κ3) is 5.29. The highest BCUT2D eigenvalue weighted by Gasteiger charge is 2.04. The van der Waals surface area contributed by atoms with Crippen molar-refractivity contribution in [2.75, 3.05) is 20.3 Å². The number of benzene rings is 1. The topological polar surface area (TPSA) is 47.6 Å². The molecule has 0 unspecified atom stereocenters. The first kappa shape index (κ1) is 14.7. The summed E-state index contributed by atoms with van der Waals surface area (Å²) in [6, 6.07) is 7.43. The molecule has 1 aromatic carbocycles. The standard InChI is InChI=1S/C14H21NO3/c1-11(2)18-10-12-4-6-13(7-5-12)14(16)15-8-9-17-3/h4-7,11H,8-10H2,1-3H3,(H,15,16). The summed E-state index contributed by atoms with van der Waals surface area (Å²) in [6.07, 6.45) is 0.210. The number of methoxy groups -OCH3 is 1. The summed E-state index contributed by atoms with van der Waals surface area (Å²) in [4.78, 5) is 11.7. The zero-order valence-corrected chi connectivity index (χ0v) is 11.2. The van der Waals surface area contributed by atoms with Crippen LogP contribution in [-0.2, 0) is 16.1 Å². The van der Waals surface area contributed by atoms with E-state index in [-0.39, 0.29) is 12.0 Å². The van der Waals surface area contributed by atoms with Gasteiger partial charge >= 0.3 is 0 Å². The van der Waals surface area contributed by atoms with Crippen LogP contribution in [0.25, 0.3) is 0 Å². The minimum atomic E-state index is -0.0802. The molecule has 100 valence electrons. The molecular weight excluding hydrogens is 230 g/mol. The van der Waals surface area contributed by atoms with Crippen molar-refractivity contribution in [2.24, 2.45) is 0 Å². The minimum Gasteiger partial charge on any atom is -0.383 e. The van der Waals surface area contributed by atoms with Gasteiger partial charge in [-0.05, 0) is 31.5 Å². The van der Waals surface area contributed by atoms with Crippen molar-refractivity contribution < 1.29 is 14.3 Å². The van der Waals surface area contributed by atoms with Crippen molar-refractivity contribution in [3.8, 4) is 0 Å². The summed E-state index contributed by atoms with van der Waals surface area (Å²) in [5.74, 6) is -0.0802. The third-order valence-corrected chi connectivity index (χ3v) is 2.39. The lowest BCUT2D eigenvalue weighted by atomic mass is 10.1. The highest BCUT2D eigenvalue weighted by molar-refractivity contribution is 5.94.